The molecule has 118 valence electrons. The molecule has 0 amide bonds. The summed E-state index contributed by atoms with van der Waals surface area (Å²) in [6, 6.07) is 0. The summed E-state index contributed by atoms with van der Waals surface area (Å²) in [4.78, 5) is 18.4. The molecule has 0 radical (unpaired) electrons. The van der Waals surface area contributed by atoms with Crippen molar-refractivity contribution in [2.75, 3.05) is 37.0 Å². The number of aryl methyl sites for hydroxylation is 1. The molecule has 0 saturated carbocycles. The van der Waals surface area contributed by atoms with Crippen molar-refractivity contribution in [1.82, 2.24) is 9.97 Å². The first-order valence-electron chi connectivity index (χ1n) is 6.30. The van der Waals surface area contributed by atoms with Gasteiger partial charge in [0.1, 0.15) is 11.2 Å². The Bertz CT molecular complexity index is 498. The molecule has 0 aliphatic rings. The molecule has 5 N–H and O–H groups in total. The van der Waals surface area contributed by atoms with Crippen LogP contribution >= 0.6 is 0 Å². The van der Waals surface area contributed by atoms with E-state index in [1.54, 1.807) is 0 Å². The molecule has 0 aromatic carbocycles. The Hall–Kier alpha value is -2.04. The highest BCUT2D eigenvalue weighted by Gasteiger charge is 2.33. The van der Waals surface area contributed by atoms with Crippen LogP contribution in [-0.2, 0) is 0 Å². The number of anilines is 2. The fourth-order valence-electron chi connectivity index (χ4n) is 1.63. The fraction of sp³-hybridized carbons (Fsp3) is 0.636. The first kappa shape index (κ1) is 17.0. The number of hydrogen-bond acceptors (Lipinski definition) is 9. The van der Waals surface area contributed by atoms with Gasteiger partial charge in [0.05, 0.1) is 24.7 Å². The number of nitro groups is 1. The summed E-state index contributed by atoms with van der Waals surface area (Å²) >= 11 is 0. The van der Waals surface area contributed by atoms with E-state index < -0.39 is 30.3 Å². The van der Waals surface area contributed by atoms with Crippen molar-refractivity contribution in [2.45, 2.75) is 19.4 Å². The summed E-state index contributed by atoms with van der Waals surface area (Å²) in [7, 11) is 0. The molecule has 0 saturated heterocycles. The summed E-state index contributed by atoms with van der Waals surface area (Å²) in [5.41, 5.74) is -1.78. The van der Waals surface area contributed by atoms with E-state index in [-0.39, 0.29) is 23.1 Å². The van der Waals surface area contributed by atoms with Gasteiger partial charge in [-0.3, -0.25) is 10.1 Å². The van der Waals surface area contributed by atoms with E-state index in [0.717, 1.165) is 0 Å². The van der Waals surface area contributed by atoms with Crippen molar-refractivity contribution in [3.8, 4) is 0 Å². The van der Waals surface area contributed by atoms with Gasteiger partial charge in [0, 0.05) is 6.54 Å². The van der Waals surface area contributed by atoms with E-state index in [1.165, 1.54) is 6.92 Å². The van der Waals surface area contributed by atoms with Crippen LogP contribution in [0.5, 0.6) is 0 Å². The predicted octanol–water partition coefficient (Wildman–Crippen LogP) is -0.747. The lowest BCUT2D eigenvalue weighted by Crippen LogP contribution is -2.49. The molecule has 0 bridgehead atoms. The first-order valence-corrected chi connectivity index (χ1v) is 6.30. The third-order valence-electron chi connectivity index (χ3n) is 2.87. The third kappa shape index (κ3) is 3.74. The molecule has 10 heteroatoms. The van der Waals surface area contributed by atoms with Crippen LogP contribution in [-0.4, -0.2) is 62.1 Å². The summed E-state index contributed by atoms with van der Waals surface area (Å²) in [5.74, 6) is -0.00795. The average Bonchev–Trinajstić information content (AvgIpc) is 2.44. The van der Waals surface area contributed by atoms with Crippen LogP contribution < -0.4 is 10.6 Å². The molecule has 1 heterocycles. The number of nitrogens with one attached hydrogen (secondary N) is 2. The molecule has 0 unspecified atom stereocenters. The minimum Gasteiger partial charge on any atom is -0.394 e. The number of hydrogen-bond donors (Lipinski definition) is 5. The average molecular weight is 301 g/mol. The molecule has 0 aliphatic carbocycles. The SMILES string of the molecule is CCNc1nc(C)c([N+](=O)[O-])c(NC(CO)(CO)CO)n1. The molecule has 1 aromatic heterocycles. The third-order valence-corrected chi connectivity index (χ3v) is 2.87. The van der Waals surface area contributed by atoms with Gasteiger partial charge in [-0.1, -0.05) is 0 Å². The topological polar surface area (TPSA) is 154 Å². The van der Waals surface area contributed by atoms with Crippen molar-refractivity contribution < 1.29 is 20.2 Å². The Kier molecular flexibility index (Phi) is 5.76. The number of nitrogens with zero attached hydrogens (tertiary/aromatic N) is 3. The van der Waals surface area contributed by atoms with Crippen molar-refractivity contribution in [2.24, 2.45) is 0 Å². The summed E-state index contributed by atoms with van der Waals surface area (Å²) in [6.45, 7) is 1.89. The lowest BCUT2D eigenvalue weighted by Gasteiger charge is -2.29. The van der Waals surface area contributed by atoms with Crippen LogP contribution in [0.3, 0.4) is 0 Å². The zero-order chi connectivity index (χ0) is 16.0. The number of aliphatic hydroxyl groups is 3. The Morgan fingerprint density at radius 2 is 1.81 bits per heavy atom. The van der Waals surface area contributed by atoms with Gasteiger partial charge in [0.2, 0.25) is 11.8 Å². The molecule has 21 heavy (non-hydrogen) atoms. The first-order chi connectivity index (χ1) is 9.92. The smallest absolute Gasteiger partial charge is 0.332 e. The Morgan fingerprint density at radius 3 is 2.24 bits per heavy atom. The Balaban J connectivity index is 3.33. The molecule has 0 fully saturated rings. The van der Waals surface area contributed by atoms with E-state index in [2.05, 4.69) is 20.6 Å². The van der Waals surface area contributed by atoms with E-state index in [4.69, 9.17) is 0 Å². The maximum absolute atomic E-state index is 11.1. The van der Waals surface area contributed by atoms with Crippen molar-refractivity contribution in [1.29, 1.82) is 0 Å². The van der Waals surface area contributed by atoms with Crippen LogP contribution in [0.4, 0.5) is 17.5 Å². The number of aromatic nitrogens is 2. The lowest BCUT2D eigenvalue weighted by molar-refractivity contribution is -0.385. The second kappa shape index (κ2) is 7.11. The van der Waals surface area contributed by atoms with Crippen LogP contribution in [0.1, 0.15) is 12.6 Å². The summed E-state index contributed by atoms with van der Waals surface area (Å²) in [6.07, 6.45) is 0. The largest absolute Gasteiger partial charge is 0.394 e. The summed E-state index contributed by atoms with van der Waals surface area (Å²) in [5, 5.41) is 44.4. The van der Waals surface area contributed by atoms with Gasteiger partial charge in [-0.05, 0) is 13.8 Å². The van der Waals surface area contributed by atoms with E-state index in [9.17, 15) is 25.4 Å². The Morgan fingerprint density at radius 1 is 1.24 bits per heavy atom. The van der Waals surface area contributed by atoms with Gasteiger partial charge >= 0.3 is 5.69 Å². The van der Waals surface area contributed by atoms with Gasteiger partial charge in [-0.2, -0.15) is 4.98 Å². The number of aliphatic hydroxyl groups excluding tert-OH is 3. The molecule has 1 rings (SSSR count). The molecule has 1 aromatic rings. The lowest BCUT2D eigenvalue weighted by atomic mass is 10.0. The second-order valence-electron chi connectivity index (χ2n) is 4.50. The maximum Gasteiger partial charge on any atom is 0.332 e. The quantitative estimate of drug-likeness (QED) is 0.308. The molecule has 0 atom stereocenters. The molecule has 0 aliphatic heterocycles. The van der Waals surface area contributed by atoms with Gasteiger partial charge in [-0.25, -0.2) is 4.98 Å². The number of rotatable bonds is 8. The van der Waals surface area contributed by atoms with Crippen LogP contribution in [0.2, 0.25) is 0 Å². The van der Waals surface area contributed by atoms with E-state index in [0.29, 0.717) is 6.54 Å². The molecular weight excluding hydrogens is 282 g/mol. The second-order valence-corrected chi connectivity index (χ2v) is 4.50. The zero-order valence-corrected chi connectivity index (χ0v) is 11.8. The highest BCUT2D eigenvalue weighted by Crippen LogP contribution is 2.28. The van der Waals surface area contributed by atoms with Gasteiger partial charge in [0.15, 0.2) is 0 Å². The van der Waals surface area contributed by atoms with Gasteiger partial charge in [-0.15, -0.1) is 0 Å². The minimum atomic E-state index is -1.52. The minimum absolute atomic E-state index is 0.121. The fourth-order valence-corrected chi connectivity index (χ4v) is 1.63. The predicted molar refractivity (Wildman–Crippen MR) is 75.2 cm³/mol. The maximum atomic E-state index is 11.1. The molecule has 10 nitrogen and oxygen atoms in total. The highest BCUT2D eigenvalue weighted by molar-refractivity contribution is 5.62. The van der Waals surface area contributed by atoms with Crippen molar-refractivity contribution in [3.63, 3.8) is 0 Å². The molecular formula is C11H19N5O5. The normalized spacial score (nSPS) is 11.3. The summed E-state index contributed by atoms with van der Waals surface area (Å²) < 4.78 is 0. The van der Waals surface area contributed by atoms with Crippen molar-refractivity contribution in [3.05, 3.63) is 15.8 Å². The Labute approximate surface area is 121 Å². The van der Waals surface area contributed by atoms with Crippen LogP contribution in [0.25, 0.3) is 0 Å². The van der Waals surface area contributed by atoms with Gasteiger partial charge < -0.3 is 26.0 Å². The highest BCUT2D eigenvalue weighted by atomic mass is 16.6. The van der Waals surface area contributed by atoms with Crippen LogP contribution in [0.15, 0.2) is 0 Å². The zero-order valence-electron chi connectivity index (χ0n) is 11.8. The van der Waals surface area contributed by atoms with E-state index >= 15 is 0 Å². The molecule has 0 spiro atoms. The van der Waals surface area contributed by atoms with Crippen LogP contribution in [0, 0.1) is 17.0 Å². The monoisotopic (exact) mass is 301 g/mol. The van der Waals surface area contributed by atoms with Crippen molar-refractivity contribution >= 4 is 17.5 Å². The van der Waals surface area contributed by atoms with Gasteiger partial charge in [0.25, 0.3) is 0 Å². The van der Waals surface area contributed by atoms with E-state index in [1.807, 2.05) is 6.92 Å². The standard InChI is InChI=1S/C11H19N5O5/c1-3-12-10-13-7(2)8(16(20)21)9(14-10)15-11(4-17,5-18)6-19/h17-19H,3-6H2,1-2H3,(H2,12,13,14,15).